The molecule has 0 aliphatic carbocycles. The van der Waals surface area contributed by atoms with E-state index in [1.165, 1.54) is 0 Å². The molecule has 0 unspecified atom stereocenters. The zero-order valence-electron chi connectivity index (χ0n) is 47.1. The molecule has 0 spiro atoms. The minimum Gasteiger partial charge on any atom is -0.338 e. The fourth-order valence-electron chi connectivity index (χ4n) is 9.98. The van der Waals surface area contributed by atoms with Crippen molar-refractivity contribution in [3.63, 3.8) is 0 Å². The number of fused-ring (bicyclic) bond motifs is 4. The van der Waals surface area contributed by atoms with Crippen LogP contribution in [0.3, 0.4) is 0 Å². The molecule has 0 aliphatic heterocycles. The van der Waals surface area contributed by atoms with Crippen LogP contribution in [-0.4, -0.2) is 64.0 Å². The van der Waals surface area contributed by atoms with E-state index in [2.05, 4.69) is 86.2 Å². The van der Waals surface area contributed by atoms with Crippen LogP contribution in [0.1, 0.15) is 22.3 Å². The van der Waals surface area contributed by atoms with Gasteiger partial charge in [0.15, 0.2) is 0 Å². The summed E-state index contributed by atoms with van der Waals surface area (Å²) in [5.41, 5.74) is 14.5. The van der Waals surface area contributed by atoms with E-state index in [4.69, 9.17) is 45.6 Å². The molecule has 0 atom stereocenters. The summed E-state index contributed by atoms with van der Waals surface area (Å²) in [6.07, 6.45) is 22.0. The number of benzene rings is 9. The summed E-state index contributed by atoms with van der Waals surface area (Å²) in [6.45, 7) is 0. The van der Waals surface area contributed by atoms with Gasteiger partial charge in [-0.2, -0.15) is 0 Å². The van der Waals surface area contributed by atoms with Gasteiger partial charge in [0.25, 0.3) is 0 Å². The molecule has 12 N–H and O–H groups in total. The van der Waals surface area contributed by atoms with Crippen molar-refractivity contribution in [1.82, 2.24) is 39.9 Å². The van der Waals surface area contributed by atoms with Gasteiger partial charge in [0.05, 0.1) is 44.1 Å². The van der Waals surface area contributed by atoms with E-state index in [9.17, 15) is 19.2 Å². The number of aromatic nitrogens is 8. The van der Waals surface area contributed by atoms with Gasteiger partial charge in [0.1, 0.15) is 23.3 Å². The average Bonchev–Trinajstić information content (AvgIpc) is 1.80. The van der Waals surface area contributed by atoms with E-state index in [0.29, 0.717) is 135 Å². The molecule has 0 aliphatic rings. The molecular formula is C70H46N16O4. The highest BCUT2D eigenvalue weighted by Crippen LogP contribution is 2.34. The lowest BCUT2D eigenvalue weighted by molar-refractivity contribution is 0.261. The number of nitrogens with zero attached hydrogens (tertiary/aromatic N) is 4. The van der Waals surface area contributed by atoms with Crippen molar-refractivity contribution in [3.8, 4) is 94.9 Å². The summed E-state index contributed by atoms with van der Waals surface area (Å²) in [4.78, 5) is 86.7. The highest BCUT2D eigenvalue weighted by molar-refractivity contribution is 6.05. The van der Waals surface area contributed by atoms with Crippen LogP contribution in [0.4, 0.5) is 64.7 Å². The van der Waals surface area contributed by atoms with Gasteiger partial charge in [-0.05, 0) is 164 Å². The molecule has 4 heterocycles. The average molecular weight is 1180 g/mol. The Bertz CT molecular complexity index is 4600. The van der Waals surface area contributed by atoms with Gasteiger partial charge in [-0.15, -0.1) is 25.7 Å². The second kappa shape index (κ2) is 23.7. The Hall–Kier alpha value is -13.8. The quantitative estimate of drug-likeness (QED) is 0.0521. The molecule has 9 aromatic carbocycles. The lowest BCUT2D eigenvalue weighted by Crippen LogP contribution is -2.21. The Morgan fingerprint density at radius 2 is 0.511 bits per heavy atom. The topological polar surface area (TPSA) is 279 Å². The number of imidazole rings is 4. The van der Waals surface area contributed by atoms with Crippen LogP contribution in [-0.2, 0) is 0 Å². The van der Waals surface area contributed by atoms with Crippen molar-refractivity contribution in [3.05, 3.63) is 204 Å². The van der Waals surface area contributed by atoms with Crippen LogP contribution >= 0.6 is 0 Å². The minimum atomic E-state index is -0.524. The third kappa shape index (κ3) is 12.2. The third-order valence-corrected chi connectivity index (χ3v) is 14.3. The van der Waals surface area contributed by atoms with Crippen molar-refractivity contribution >= 4 is 114 Å². The van der Waals surface area contributed by atoms with Crippen molar-refractivity contribution < 1.29 is 19.2 Å². The van der Waals surface area contributed by atoms with Crippen LogP contribution in [0.2, 0.25) is 0 Å². The molecule has 90 heavy (non-hydrogen) atoms. The second-order valence-electron chi connectivity index (χ2n) is 20.5. The smallest absolute Gasteiger partial charge is 0.323 e. The first kappa shape index (κ1) is 55.4. The third-order valence-electron chi connectivity index (χ3n) is 14.3. The van der Waals surface area contributed by atoms with E-state index in [1.807, 2.05) is 48.5 Å². The predicted octanol–water partition coefficient (Wildman–Crippen LogP) is 14.4. The highest BCUT2D eigenvalue weighted by atomic mass is 16.2. The van der Waals surface area contributed by atoms with E-state index in [-0.39, 0.29) is 0 Å². The summed E-state index contributed by atoms with van der Waals surface area (Å²) in [7, 11) is 0. The molecule has 0 saturated carbocycles. The molecule has 8 amide bonds. The number of hydrogen-bond acceptors (Lipinski definition) is 8. The van der Waals surface area contributed by atoms with Crippen LogP contribution in [0.15, 0.2) is 182 Å². The molecule has 13 aromatic rings. The largest absolute Gasteiger partial charge is 0.338 e. The summed E-state index contributed by atoms with van der Waals surface area (Å²) in [5, 5.41) is 22.7. The van der Waals surface area contributed by atoms with Crippen LogP contribution < -0.4 is 42.5 Å². The normalized spacial score (nSPS) is 10.8. The summed E-state index contributed by atoms with van der Waals surface area (Å²) >= 11 is 0. The Kier molecular flexibility index (Phi) is 14.6. The molecule has 0 fully saturated rings. The Morgan fingerprint density at radius 1 is 0.278 bits per heavy atom. The van der Waals surface area contributed by atoms with Crippen molar-refractivity contribution in [2.45, 2.75) is 0 Å². The SMILES string of the molecule is C#Cc1ccc(NC(=O)Nc2cc(NC(=O)Nc3ccc(C#C)cc3)cc(-c3nc4cc5[nH]c(-c6cccc(-c7nc8cc9[nH]c(-c%10cc(NC(=O)Nc%11ccc(C#C)cc%11)cc(NC(=O)Nc%11ccc(C#C)cc%11)c%10)nc9cc8[nH]7)c6)nc5cc4[nH]3)c2)cc1. The number of carbonyl (C=O) groups is 4. The Balaban J connectivity index is 0.739. The standard InChI is InChI=1S/C70H46N16O4/c1-5-39-12-20-47(21-13-39)71-67(87)75-51-29-45(30-52(33-51)76-68(88)72-48-22-14-40(6-2)15-23-48)65-83-59-35-55-56(36-60(59)84-65)80-63(79-55)43-10-9-11-44(28-43)64-81-57-37-61-62(38-58(57)82-64)86-66(85-61)46-31-53(77-69(89)73-49-24-16-41(7-3)17-25-49)34-54(32-46)78-70(90)74-50-26-18-42(8-4)19-27-50/h1-4,9-38H,(H,79,80)(H,81,82)(H,83,84)(H,85,86)(H2,71,75,87)(H2,72,76,88)(H2,73,77,89)(H2,74,78,90). The minimum absolute atomic E-state index is 0.369. The van der Waals surface area contributed by atoms with Crippen LogP contribution in [0, 0.1) is 49.4 Å². The summed E-state index contributed by atoms with van der Waals surface area (Å²) < 4.78 is 0. The van der Waals surface area contributed by atoms with E-state index >= 15 is 0 Å². The maximum atomic E-state index is 13.3. The number of hydrogen-bond donors (Lipinski definition) is 12. The fourth-order valence-corrected chi connectivity index (χ4v) is 9.98. The monoisotopic (exact) mass is 1170 g/mol. The predicted molar refractivity (Wildman–Crippen MR) is 355 cm³/mol. The lowest BCUT2D eigenvalue weighted by atomic mass is 10.1. The number of terminal acetylenes is 4. The van der Waals surface area contributed by atoms with Gasteiger partial charge in [0, 0.05) is 90.0 Å². The number of aromatic amines is 4. The lowest BCUT2D eigenvalue weighted by Gasteiger charge is -2.13. The Morgan fingerprint density at radius 3 is 0.756 bits per heavy atom. The van der Waals surface area contributed by atoms with Crippen molar-refractivity contribution in [1.29, 1.82) is 0 Å². The fraction of sp³-hybridized carbons (Fsp3) is 0. The molecule has 0 bridgehead atoms. The molecular weight excluding hydrogens is 1130 g/mol. The molecule has 0 radical (unpaired) electrons. The van der Waals surface area contributed by atoms with Gasteiger partial charge in [-0.25, -0.2) is 39.1 Å². The molecule has 20 nitrogen and oxygen atoms in total. The van der Waals surface area contributed by atoms with Crippen LogP contribution in [0.25, 0.3) is 89.7 Å². The second-order valence-corrected chi connectivity index (χ2v) is 20.5. The van der Waals surface area contributed by atoms with Gasteiger partial charge < -0.3 is 62.5 Å². The number of nitrogens with one attached hydrogen (secondary N) is 12. The maximum Gasteiger partial charge on any atom is 0.323 e. The van der Waals surface area contributed by atoms with Crippen molar-refractivity contribution in [2.75, 3.05) is 42.5 Å². The van der Waals surface area contributed by atoms with E-state index < -0.39 is 24.1 Å². The number of carbonyl (C=O) groups excluding carboxylic acids is 4. The van der Waals surface area contributed by atoms with Gasteiger partial charge >= 0.3 is 24.1 Å². The molecule has 4 aromatic heterocycles. The van der Waals surface area contributed by atoms with Crippen molar-refractivity contribution in [2.24, 2.45) is 0 Å². The van der Waals surface area contributed by atoms with Crippen LogP contribution in [0.5, 0.6) is 0 Å². The summed E-state index contributed by atoms with van der Waals surface area (Å²) in [6, 6.07) is 50.9. The first-order chi connectivity index (χ1) is 43.8. The number of amides is 8. The highest BCUT2D eigenvalue weighted by Gasteiger charge is 2.18. The molecule has 0 saturated heterocycles. The van der Waals surface area contributed by atoms with E-state index in [0.717, 1.165) is 22.2 Å². The molecule has 430 valence electrons. The van der Waals surface area contributed by atoms with E-state index in [1.54, 1.807) is 133 Å². The zero-order valence-corrected chi connectivity index (χ0v) is 47.1. The number of anilines is 8. The first-order valence-electron chi connectivity index (χ1n) is 27.6. The number of urea groups is 4. The first-order valence-corrected chi connectivity index (χ1v) is 27.6. The summed E-state index contributed by atoms with van der Waals surface area (Å²) in [5.74, 6) is 12.4. The maximum absolute atomic E-state index is 13.3. The number of rotatable bonds is 12. The van der Waals surface area contributed by atoms with Gasteiger partial charge in [0.2, 0.25) is 0 Å². The molecule has 20 heteroatoms. The Labute approximate surface area is 512 Å². The van der Waals surface area contributed by atoms with Gasteiger partial charge in [-0.1, -0.05) is 41.9 Å². The van der Waals surface area contributed by atoms with Gasteiger partial charge in [-0.3, -0.25) is 0 Å². The number of H-pyrrole nitrogens is 4. The molecule has 13 rings (SSSR count). The zero-order chi connectivity index (χ0) is 61.8.